The van der Waals surface area contributed by atoms with Gasteiger partial charge in [-0.25, -0.2) is 0 Å². The summed E-state index contributed by atoms with van der Waals surface area (Å²) < 4.78 is 44.2. The molecule has 2 aliphatic rings. The summed E-state index contributed by atoms with van der Waals surface area (Å²) in [5.74, 6) is 0.567. The maximum Gasteiger partial charge on any atom is 0.433 e. The highest BCUT2D eigenvalue weighted by atomic mass is 19.4. The number of pyridine rings is 1. The number of carbonyl (C=O) groups excluding carboxylic acids is 1. The molecule has 2 saturated heterocycles. The molecule has 3 heterocycles. The number of piperazine rings is 1. The number of rotatable bonds is 6. The van der Waals surface area contributed by atoms with E-state index in [1.165, 1.54) is 17.2 Å². The molecule has 2 aliphatic heterocycles. The normalized spacial score (nSPS) is 21.0. The zero-order valence-electron chi connectivity index (χ0n) is 20.1. The fourth-order valence-corrected chi connectivity index (χ4v) is 5.22. The van der Waals surface area contributed by atoms with Crippen LogP contribution in [0.4, 0.5) is 13.2 Å². The largest absolute Gasteiger partial charge is 0.493 e. The zero-order chi connectivity index (χ0) is 25.2. The molecule has 2 fully saturated rings. The number of amides is 1. The quantitative estimate of drug-likeness (QED) is 0.602. The third-order valence-corrected chi connectivity index (χ3v) is 7.23. The molecule has 1 aromatic carbocycles. The molecule has 35 heavy (non-hydrogen) atoms. The van der Waals surface area contributed by atoms with E-state index in [9.17, 15) is 18.0 Å². The van der Waals surface area contributed by atoms with Gasteiger partial charge < -0.3 is 14.7 Å². The molecule has 2 atom stereocenters. The Kier molecular flexibility index (Phi) is 7.66. The van der Waals surface area contributed by atoms with Crippen molar-refractivity contribution in [2.45, 2.75) is 57.8 Å². The lowest BCUT2D eigenvalue weighted by Gasteiger charge is -2.48. The van der Waals surface area contributed by atoms with Crippen molar-refractivity contribution in [3.8, 4) is 5.75 Å². The summed E-state index contributed by atoms with van der Waals surface area (Å²) in [6, 6.07) is 6.68. The van der Waals surface area contributed by atoms with Crippen LogP contribution in [0.3, 0.4) is 0 Å². The average molecular weight is 492 g/mol. The van der Waals surface area contributed by atoms with Crippen LogP contribution in [0.25, 0.3) is 0 Å². The van der Waals surface area contributed by atoms with Crippen molar-refractivity contribution < 1.29 is 27.8 Å². The van der Waals surface area contributed by atoms with Crippen molar-refractivity contribution in [2.24, 2.45) is 0 Å². The van der Waals surface area contributed by atoms with Crippen molar-refractivity contribution in [3.63, 3.8) is 0 Å². The van der Waals surface area contributed by atoms with E-state index in [0.717, 1.165) is 42.8 Å². The fraction of sp³-hybridized carbons (Fsp3) is 0.538. The van der Waals surface area contributed by atoms with Gasteiger partial charge in [-0.2, -0.15) is 13.2 Å². The molecule has 0 radical (unpaired) electrons. The van der Waals surface area contributed by atoms with E-state index < -0.39 is 11.9 Å². The average Bonchev–Trinajstić information content (AvgIpc) is 2.85. The number of nitrogens with zero attached hydrogens (tertiary/aromatic N) is 3. The SMILES string of the molecule is Cc1c(OCCCO)ccc([C@H]2CCC[C@H]3CN(C(=O)c4ccc(C(F)(F)F)nc4)CCN32)c1C. The van der Waals surface area contributed by atoms with Gasteiger partial charge in [-0.05, 0) is 68.0 Å². The van der Waals surface area contributed by atoms with Crippen molar-refractivity contribution in [2.75, 3.05) is 32.8 Å². The molecule has 6 nitrogen and oxygen atoms in total. The lowest BCUT2D eigenvalue weighted by Crippen LogP contribution is -2.57. The highest BCUT2D eigenvalue weighted by Crippen LogP contribution is 2.39. The highest BCUT2D eigenvalue weighted by Gasteiger charge is 2.38. The van der Waals surface area contributed by atoms with E-state index in [4.69, 9.17) is 9.84 Å². The highest BCUT2D eigenvalue weighted by molar-refractivity contribution is 5.94. The molecule has 0 aliphatic carbocycles. The Bertz CT molecular complexity index is 1040. The number of hydrogen-bond donors (Lipinski definition) is 1. The molecule has 4 rings (SSSR count). The summed E-state index contributed by atoms with van der Waals surface area (Å²) in [5, 5.41) is 9.00. The Labute approximate surface area is 203 Å². The van der Waals surface area contributed by atoms with Gasteiger partial charge in [0.25, 0.3) is 5.91 Å². The van der Waals surface area contributed by atoms with Crippen LogP contribution in [0.15, 0.2) is 30.5 Å². The number of ether oxygens (including phenoxy) is 1. The third kappa shape index (κ3) is 5.46. The Morgan fingerprint density at radius 1 is 1.14 bits per heavy atom. The predicted octanol–water partition coefficient (Wildman–Crippen LogP) is 4.53. The number of piperidine rings is 1. The zero-order valence-corrected chi connectivity index (χ0v) is 20.1. The molecule has 1 N–H and O–H groups in total. The number of aromatic nitrogens is 1. The number of benzene rings is 1. The van der Waals surface area contributed by atoms with Crippen LogP contribution in [0, 0.1) is 13.8 Å². The van der Waals surface area contributed by atoms with Crippen molar-refractivity contribution in [3.05, 3.63) is 58.4 Å². The lowest BCUT2D eigenvalue weighted by atomic mass is 9.86. The Hall–Kier alpha value is -2.65. The van der Waals surface area contributed by atoms with Crippen molar-refractivity contribution >= 4 is 5.91 Å². The summed E-state index contributed by atoms with van der Waals surface area (Å²) in [6.07, 6.45) is 0.158. The molecule has 1 aromatic heterocycles. The maximum absolute atomic E-state index is 13.0. The summed E-state index contributed by atoms with van der Waals surface area (Å²) in [4.78, 5) is 20.6. The van der Waals surface area contributed by atoms with Crippen LogP contribution in [0.5, 0.6) is 5.75 Å². The van der Waals surface area contributed by atoms with E-state index in [2.05, 4.69) is 29.8 Å². The monoisotopic (exact) mass is 491 g/mol. The molecule has 1 amide bonds. The van der Waals surface area contributed by atoms with Gasteiger partial charge in [-0.3, -0.25) is 14.7 Å². The van der Waals surface area contributed by atoms with Crippen LogP contribution in [-0.2, 0) is 6.18 Å². The van der Waals surface area contributed by atoms with Crippen molar-refractivity contribution in [1.82, 2.24) is 14.8 Å². The van der Waals surface area contributed by atoms with E-state index in [1.54, 1.807) is 4.90 Å². The second kappa shape index (κ2) is 10.5. The molecule has 9 heteroatoms. The first kappa shape index (κ1) is 25.4. The summed E-state index contributed by atoms with van der Waals surface area (Å²) in [5.41, 5.74) is 2.76. The molecular weight excluding hydrogens is 459 g/mol. The Morgan fingerprint density at radius 3 is 2.63 bits per heavy atom. The Balaban J connectivity index is 1.45. The predicted molar refractivity (Wildman–Crippen MR) is 125 cm³/mol. The van der Waals surface area contributed by atoms with Gasteiger partial charge in [0, 0.05) is 50.9 Å². The first-order valence-corrected chi connectivity index (χ1v) is 12.1. The number of carbonyl (C=O) groups is 1. The lowest BCUT2D eigenvalue weighted by molar-refractivity contribution is -0.141. The van der Waals surface area contributed by atoms with E-state index in [1.807, 2.05) is 6.07 Å². The second-order valence-electron chi connectivity index (χ2n) is 9.35. The molecule has 0 spiro atoms. The summed E-state index contributed by atoms with van der Waals surface area (Å²) in [7, 11) is 0. The molecule has 0 bridgehead atoms. The van der Waals surface area contributed by atoms with Crippen LogP contribution in [0.2, 0.25) is 0 Å². The second-order valence-corrected chi connectivity index (χ2v) is 9.35. The minimum Gasteiger partial charge on any atom is -0.493 e. The topological polar surface area (TPSA) is 65.9 Å². The first-order valence-electron chi connectivity index (χ1n) is 12.1. The first-order chi connectivity index (χ1) is 16.7. The Morgan fingerprint density at radius 2 is 1.94 bits per heavy atom. The van der Waals surface area contributed by atoms with Crippen LogP contribution in [-0.4, -0.2) is 64.7 Å². The van der Waals surface area contributed by atoms with Gasteiger partial charge in [0.15, 0.2) is 0 Å². The number of aliphatic hydroxyl groups excluding tert-OH is 1. The molecule has 2 aromatic rings. The number of hydrogen-bond acceptors (Lipinski definition) is 5. The molecule has 190 valence electrons. The number of fused-ring (bicyclic) bond motifs is 1. The van der Waals surface area contributed by atoms with Crippen LogP contribution in [0.1, 0.15) is 64.5 Å². The van der Waals surface area contributed by atoms with Gasteiger partial charge in [-0.15, -0.1) is 0 Å². The molecule has 0 unspecified atom stereocenters. The van der Waals surface area contributed by atoms with Gasteiger partial charge in [0.2, 0.25) is 0 Å². The number of aliphatic hydroxyl groups is 1. The fourth-order valence-electron chi connectivity index (χ4n) is 5.22. The minimum absolute atomic E-state index is 0.101. The standard InChI is InChI=1S/C26H32F3N3O3/c1-17-18(2)23(35-14-4-13-33)9-8-21(17)22-6-3-5-20-16-31(11-12-32(20)22)25(34)19-7-10-24(30-15-19)26(27,28)29/h7-10,15,20,22,33H,3-6,11-14,16H2,1-2H3/t20-,22+/m0/s1. The summed E-state index contributed by atoms with van der Waals surface area (Å²) in [6.45, 7) is 6.54. The van der Waals surface area contributed by atoms with Gasteiger partial charge >= 0.3 is 6.18 Å². The van der Waals surface area contributed by atoms with E-state index in [0.29, 0.717) is 32.7 Å². The third-order valence-electron chi connectivity index (χ3n) is 7.23. The number of alkyl halides is 3. The van der Waals surface area contributed by atoms with Crippen molar-refractivity contribution in [1.29, 1.82) is 0 Å². The van der Waals surface area contributed by atoms with Gasteiger partial charge in [-0.1, -0.05) is 6.07 Å². The molecular formula is C26H32F3N3O3. The molecule has 0 saturated carbocycles. The van der Waals surface area contributed by atoms with Crippen LogP contribution >= 0.6 is 0 Å². The van der Waals surface area contributed by atoms with E-state index >= 15 is 0 Å². The number of halogens is 3. The van der Waals surface area contributed by atoms with E-state index in [-0.39, 0.29) is 30.2 Å². The smallest absolute Gasteiger partial charge is 0.433 e. The minimum atomic E-state index is -4.52. The van der Waals surface area contributed by atoms with Gasteiger partial charge in [0.05, 0.1) is 12.2 Å². The van der Waals surface area contributed by atoms with Crippen LogP contribution < -0.4 is 4.74 Å². The maximum atomic E-state index is 13.0. The summed E-state index contributed by atoms with van der Waals surface area (Å²) >= 11 is 0. The van der Waals surface area contributed by atoms with Gasteiger partial charge in [0.1, 0.15) is 11.4 Å².